The molecule has 0 nitrogen and oxygen atoms in total. The number of benzene rings is 11. The van der Waals surface area contributed by atoms with Crippen molar-refractivity contribution < 1.29 is 0 Å². The van der Waals surface area contributed by atoms with Gasteiger partial charge in [-0.05, 0) is 147 Å². The van der Waals surface area contributed by atoms with Crippen LogP contribution in [-0.2, 0) is 0 Å². The van der Waals surface area contributed by atoms with E-state index in [0.717, 1.165) is 33.4 Å². The summed E-state index contributed by atoms with van der Waals surface area (Å²) in [5, 5.41) is 4.89. The van der Waals surface area contributed by atoms with Crippen molar-refractivity contribution in [1.29, 1.82) is 0 Å². The van der Waals surface area contributed by atoms with Gasteiger partial charge in [-0.15, -0.1) is 0 Å². The lowest BCUT2D eigenvalue weighted by atomic mass is 9.92. The molecule has 11 aromatic carbocycles. The Morgan fingerprint density at radius 1 is 0.200 bits per heavy atom. The van der Waals surface area contributed by atoms with Gasteiger partial charge in [0, 0.05) is 0 Å². The first-order chi connectivity index (χ1) is 34.7. The summed E-state index contributed by atoms with van der Waals surface area (Å²) >= 11 is 0. The maximum atomic E-state index is 2.35. The van der Waals surface area contributed by atoms with Crippen molar-refractivity contribution in [3.8, 4) is 22.3 Å². The molecule has 0 atom stereocenters. The Balaban J connectivity index is 0.981. The molecule has 0 saturated heterocycles. The second-order valence-corrected chi connectivity index (χ2v) is 17.7. The van der Waals surface area contributed by atoms with Crippen LogP contribution in [0.3, 0.4) is 0 Å². The number of rotatable bonds is 12. The van der Waals surface area contributed by atoms with Gasteiger partial charge in [-0.2, -0.15) is 0 Å². The highest BCUT2D eigenvalue weighted by Gasteiger charge is 2.11. The Morgan fingerprint density at radius 3 is 0.871 bits per heavy atom. The molecule has 70 heavy (non-hydrogen) atoms. The number of hydrogen-bond acceptors (Lipinski definition) is 0. The van der Waals surface area contributed by atoms with Gasteiger partial charge in [0.25, 0.3) is 0 Å². The van der Waals surface area contributed by atoms with Gasteiger partial charge < -0.3 is 0 Å². The Labute approximate surface area is 411 Å². The third-order valence-corrected chi connectivity index (χ3v) is 13.2. The van der Waals surface area contributed by atoms with E-state index < -0.39 is 0 Å². The number of hydrogen-bond donors (Lipinski definition) is 0. The zero-order chi connectivity index (χ0) is 46.9. The largest absolute Gasteiger partial charge is 0.0622 e. The molecule has 11 aromatic rings. The summed E-state index contributed by atoms with van der Waals surface area (Å²) in [4.78, 5) is 0. The minimum atomic E-state index is 1.14. The van der Waals surface area contributed by atoms with Crippen LogP contribution in [0.15, 0.2) is 267 Å². The molecule has 0 spiro atoms. The average Bonchev–Trinajstić information content (AvgIpc) is 3.43. The quantitative estimate of drug-likeness (QED) is 0.0847. The van der Waals surface area contributed by atoms with Crippen molar-refractivity contribution in [2.45, 2.75) is 0 Å². The van der Waals surface area contributed by atoms with Crippen molar-refractivity contribution in [3.63, 3.8) is 0 Å². The highest BCUT2D eigenvalue weighted by atomic mass is 14.2. The molecule has 0 fully saturated rings. The maximum absolute atomic E-state index is 2.35. The number of fused-ring (bicyclic) bond motifs is 2. The van der Waals surface area contributed by atoms with Gasteiger partial charge in [-0.3, -0.25) is 0 Å². The van der Waals surface area contributed by atoms with E-state index in [2.05, 4.69) is 303 Å². The molecule has 0 radical (unpaired) electrons. The molecular weight excluding hydrogens is 841 g/mol. The first-order valence-corrected chi connectivity index (χ1v) is 24.1. The molecule has 0 amide bonds. The van der Waals surface area contributed by atoms with Gasteiger partial charge in [-0.1, -0.05) is 267 Å². The minimum Gasteiger partial charge on any atom is -0.0622 e. The van der Waals surface area contributed by atoms with Gasteiger partial charge >= 0.3 is 0 Å². The predicted molar refractivity (Wildman–Crippen MR) is 303 cm³/mol. The lowest BCUT2D eigenvalue weighted by Crippen LogP contribution is -1.91. The van der Waals surface area contributed by atoms with Gasteiger partial charge in [0.05, 0.1) is 0 Å². The van der Waals surface area contributed by atoms with Crippen LogP contribution in [0.1, 0.15) is 55.6 Å². The smallest absolute Gasteiger partial charge is 0.0105 e. The molecule has 0 aromatic heterocycles. The van der Waals surface area contributed by atoms with Gasteiger partial charge in [0.1, 0.15) is 0 Å². The van der Waals surface area contributed by atoms with Crippen LogP contribution >= 0.6 is 0 Å². The normalized spacial score (nSPS) is 12.1. The Morgan fingerprint density at radius 2 is 0.486 bits per heavy atom. The fourth-order valence-corrected chi connectivity index (χ4v) is 9.42. The minimum absolute atomic E-state index is 1.14. The average molecular weight is 891 g/mol. The molecule has 0 N–H and O–H groups in total. The molecule has 0 bridgehead atoms. The van der Waals surface area contributed by atoms with E-state index in [0.29, 0.717) is 0 Å². The lowest BCUT2D eigenvalue weighted by molar-refractivity contribution is 1.53. The van der Waals surface area contributed by atoms with Crippen molar-refractivity contribution in [2.75, 3.05) is 0 Å². The van der Waals surface area contributed by atoms with Crippen molar-refractivity contribution in [1.82, 2.24) is 0 Å². The van der Waals surface area contributed by atoms with E-state index in [9.17, 15) is 0 Å². The van der Waals surface area contributed by atoms with E-state index in [-0.39, 0.29) is 0 Å². The van der Waals surface area contributed by atoms with Crippen LogP contribution in [0, 0.1) is 0 Å². The molecule has 11 rings (SSSR count). The molecule has 0 saturated carbocycles. The summed E-state index contributed by atoms with van der Waals surface area (Å²) in [5.41, 5.74) is 18.8. The van der Waals surface area contributed by atoms with Crippen LogP contribution < -0.4 is 0 Å². The van der Waals surface area contributed by atoms with Gasteiger partial charge in [0.2, 0.25) is 0 Å². The molecule has 0 aliphatic carbocycles. The third kappa shape index (κ3) is 9.81. The molecule has 0 aliphatic rings. The van der Waals surface area contributed by atoms with E-state index in [1.54, 1.807) is 0 Å². The fourth-order valence-electron chi connectivity index (χ4n) is 9.42. The zero-order valence-corrected chi connectivity index (χ0v) is 38.9. The highest BCUT2D eigenvalue weighted by molar-refractivity contribution is 6.02. The SMILES string of the molecule is C(=Cc1ccccc1/C=C(/c1ccccc1)c1ccc(-c2ccccc2)cc1)c1cc2cc3ccccc3cc2cc1C=Cc1ccccc1/C=C(/c1ccccc1)c1ccc(-c2ccccc2)cc1. The Kier molecular flexibility index (Phi) is 12.7. The molecule has 0 unspecified atom stereocenters. The van der Waals surface area contributed by atoms with Crippen LogP contribution in [0.4, 0.5) is 0 Å². The standard InChI is InChI=1S/C70H50/c1-5-19-51(20-6-1)55-33-39-59(40-34-55)69(57-25-9-3-10-26-57)49-63-31-15-13-23-53(63)37-43-65-47-67-45-61-29-17-18-30-62(61)46-68(67)48-66(65)44-38-54-24-14-16-32-64(54)50-70(58-27-11-4-12-28-58)60-41-35-56(36-42-60)52-21-7-2-8-22-52/h1-50H/b43-37?,44-38?,69-49-,70-50-. The first kappa shape index (κ1) is 43.5. The Hall–Kier alpha value is -9.10. The van der Waals surface area contributed by atoms with Crippen LogP contribution in [0.5, 0.6) is 0 Å². The molecule has 0 aliphatic heterocycles. The predicted octanol–water partition coefficient (Wildman–Crippen LogP) is 18.8. The van der Waals surface area contributed by atoms with E-state index in [1.807, 2.05) is 0 Å². The summed E-state index contributed by atoms with van der Waals surface area (Å²) < 4.78 is 0. The second kappa shape index (κ2) is 20.4. The Bertz CT molecular complexity index is 3440. The van der Waals surface area contributed by atoms with Crippen molar-refractivity contribution >= 4 is 69.1 Å². The molecule has 0 heteroatoms. The van der Waals surface area contributed by atoms with E-state index >= 15 is 0 Å². The fraction of sp³-hybridized carbons (Fsp3) is 0. The maximum Gasteiger partial charge on any atom is -0.0105 e. The summed E-state index contributed by atoms with van der Waals surface area (Å²) in [7, 11) is 0. The van der Waals surface area contributed by atoms with Crippen molar-refractivity contribution in [2.24, 2.45) is 0 Å². The topological polar surface area (TPSA) is 0 Å². The third-order valence-electron chi connectivity index (χ3n) is 13.2. The molecule has 0 heterocycles. The first-order valence-electron chi connectivity index (χ1n) is 24.1. The van der Waals surface area contributed by atoms with E-state index in [1.165, 1.54) is 77.2 Å². The summed E-state index contributed by atoms with van der Waals surface area (Å²) in [6.07, 6.45) is 13.8. The molecule has 330 valence electrons. The van der Waals surface area contributed by atoms with Crippen LogP contribution in [0.25, 0.3) is 91.4 Å². The monoisotopic (exact) mass is 890 g/mol. The van der Waals surface area contributed by atoms with E-state index in [4.69, 9.17) is 0 Å². The van der Waals surface area contributed by atoms with Crippen molar-refractivity contribution in [3.05, 3.63) is 323 Å². The lowest BCUT2D eigenvalue weighted by Gasteiger charge is -2.12. The van der Waals surface area contributed by atoms with Gasteiger partial charge in [-0.25, -0.2) is 0 Å². The van der Waals surface area contributed by atoms with Crippen LogP contribution in [0.2, 0.25) is 0 Å². The van der Waals surface area contributed by atoms with Gasteiger partial charge in [0.15, 0.2) is 0 Å². The summed E-state index contributed by atoms with van der Waals surface area (Å²) in [5.74, 6) is 0. The van der Waals surface area contributed by atoms with Crippen LogP contribution in [-0.4, -0.2) is 0 Å². The highest BCUT2D eigenvalue weighted by Crippen LogP contribution is 2.34. The second-order valence-electron chi connectivity index (χ2n) is 17.7. The zero-order valence-electron chi connectivity index (χ0n) is 38.9. The summed E-state index contributed by atoms with van der Waals surface area (Å²) in [6.45, 7) is 0. The molecular formula is C70H50. The summed E-state index contributed by atoms with van der Waals surface area (Å²) in [6, 6.07) is 95.9.